The number of pyridine rings is 1. The van der Waals surface area contributed by atoms with Crippen LogP contribution in [0.4, 0.5) is 26.6 Å². The Balaban J connectivity index is 1.89. The SMILES string of the molecule is CC(C)Nc1nccc(N(C(=O)NCc2ccncc2)c2ccc(F)cc2)n1. The minimum absolute atomic E-state index is 0.134. The van der Waals surface area contributed by atoms with E-state index in [0.717, 1.165) is 5.56 Å². The monoisotopic (exact) mass is 380 g/mol. The molecule has 0 bridgehead atoms. The van der Waals surface area contributed by atoms with E-state index in [9.17, 15) is 9.18 Å². The molecule has 2 heterocycles. The zero-order valence-corrected chi connectivity index (χ0v) is 15.6. The van der Waals surface area contributed by atoms with E-state index < -0.39 is 6.03 Å². The second kappa shape index (κ2) is 8.90. The summed E-state index contributed by atoms with van der Waals surface area (Å²) in [4.78, 5) is 26.9. The molecule has 8 heteroatoms. The number of nitrogens with zero attached hydrogens (tertiary/aromatic N) is 4. The number of carbonyl (C=O) groups excluding carboxylic acids is 1. The van der Waals surface area contributed by atoms with E-state index in [0.29, 0.717) is 24.0 Å². The normalized spacial score (nSPS) is 10.6. The van der Waals surface area contributed by atoms with Crippen molar-refractivity contribution >= 4 is 23.5 Å². The van der Waals surface area contributed by atoms with Crippen LogP contribution in [0.15, 0.2) is 61.1 Å². The Morgan fingerprint density at radius 3 is 2.46 bits per heavy atom. The number of hydrogen-bond acceptors (Lipinski definition) is 5. The summed E-state index contributed by atoms with van der Waals surface area (Å²) >= 11 is 0. The van der Waals surface area contributed by atoms with Crippen LogP contribution in [0.3, 0.4) is 0 Å². The molecule has 0 unspecified atom stereocenters. The molecule has 0 spiro atoms. The Morgan fingerprint density at radius 1 is 1.07 bits per heavy atom. The highest BCUT2D eigenvalue weighted by Crippen LogP contribution is 2.25. The zero-order chi connectivity index (χ0) is 19.9. The number of hydrogen-bond donors (Lipinski definition) is 2. The van der Waals surface area contributed by atoms with Gasteiger partial charge >= 0.3 is 6.03 Å². The number of anilines is 3. The lowest BCUT2D eigenvalue weighted by molar-refractivity contribution is 0.248. The molecule has 0 atom stereocenters. The predicted octanol–water partition coefficient (Wildman–Crippen LogP) is 3.88. The lowest BCUT2D eigenvalue weighted by atomic mass is 10.2. The molecular weight excluding hydrogens is 359 g/mol. The first-order chi connectivity index (χ1) is 13.5. The number of rotatable bonds is 6. The van der Waals surface area contributed by atoms with Gasteiger partial charge in [0, 0.05) is 37.2 Å². The minimum atomic E-state index is -0.391. The highest BCUT2D eigenvalue weighted by Gasteiger charge is 2.20. The lowest BCUT2D eigenvalue weighted by Crippen LogP contribution is -2.37. The third kappa shape index (κ3) is 5.00. The van der Waals surface area contributed by atoms with Crippen molar-refractivity contribution in [1.82, 2.24) is 20.3 Å². The van der Waals surface area contributed by atoms with Crippen molar-refractivity contribution < 1.29 is 9.18 Å². The van der Waals surface area contributed by atoms with Crippen LogP contribution in [0.2, 0.25) is 0 Å². The fraction of sp³-hybridized carbons (Fsp3) is 0.200. The Bertz CT molecular complexity index is 917. The van der Waals surface area contributed by atoms with E-state index in [1.807, 2.05) is 26.0 Å². The molecule has 3 aromatic rings. The van der Waals surface area contributed by atoms with Gasteiger partial charge in [0.25, 0.3) is 0 Å². The Kier molecular flexibility index (Phi) is 6.11. The highest BCUT2D eigenvalue weighted by atomic mass is 19.1. The standard InChI is InChI=1S/C20H21FN6O/c1-14(2)25-19-23-12-9-18(26-19)27(17-5-3-16(21)4-6-17)20(28)24-13-15-7-10-22-11-8-15/h3-12,14H,13H2,1-2H3,(H,24,28)(H,23,25,26). The molecule has 1 aromatic carbocycles. The number of aromatic nitrogens is 3. The van der Waals surface area contributed by atoms with Gasteiger partial charge in [0.1, 0.15) is 11.6 Å². The van der Waals surface area contributed by atoms with Crippen molar-refractivity contribution in [2.24, 2.45) is 0 Å². The third-order valence-corrected chi connectivity index (χ3v) is 3.77. The smallest absolute Gasteiger partial charge is 0.327 e. The van der Waals surface area contributed by atoms with Crippen LogP contribution in [0.5, 0.6) is 0 Å². The maximum absolute atomic E-state index is 13.4. The van der Waals surface area contributed by atoms with Gasteiger partial charge in [-0.2, -0.15) is 4.98 Å². The molecule has 2 aromatic heterocycles. The second-order valence-corrected chi connectivity index (χ2v) is 6.36. The molecule has 0 saturated heterocycles. The molecule has 3 rings (SSSR count). The number of halogens is 1. The van der Waals surface area contributed by atoms with E-state index in [1.54, 1.807) is 24.7 Å². The van der Waals surface area contributed by atoms with Crippen LogP contribution in [0.25, 0.3) is 0 Å². The first-order valence-electron chi connectivity index (χ1n) is 8.85. The first kappa shape index (κ1) is 19.2. The van der Waals surface area contributed by atoms with Crippen LogP contribution in [-0.2, 0) is 6.54 Å². The minimum Gasteiger partial charge on any atom is -0.352 e. The lowest BCUT2D eigenvalue weighted by Gasteiger charge is -2.23. The van der Waals surface area contributed by atoms with Gasteiger partial charge in [-0.1, -0.05) is 0 Å². The Hall–Kier alpha value is -3.55. The first-order valence-corrected chi connectivity index (χ1v) is 8.85. The van der Waals surface area contributed by atoms with E-state index in [1.165, 1.54) is 29.2 Å². The summed E-state index contributed by atoms with van der Waals surface area (Å²) in [6.45, 7) is 4.26. The average Bonchev–Trinajstić information content (AvgIpc) is 2.69. The fourth-order valence-electron chi connectivity index (χ4n) is 2.50. The second-order valence-electron chi connectivity index (χ2n) is 6.36. The van der Waals surface area contributed by atoms with Gasteiger partial charge in [-0.05, 0) is 55.8 Å². The summed E-state index contributed by atoms with van der Waals surface area (Å²) in [7, 11) is 0. The molecular formula is C20H21FN6O. The number of carbonyl (C=O) groups is 1. The van der Waals surface area contributed by atoms with Crippen LogP contribution >= 0.6 is 0 Å². The predicted molar refractivity (Wildman–Crippen MR) is 106 cm³/mol. The van der Waals surface area contributed by atoms with Crippen molar-refractivity contribution in [1.29, 1.82) is 0 Å². The third-order valence-electron chi connectivity index (χ3n) is 3.77. The average molecular weight is 380 g/mol. The molecule has 0 fully saturated rings. The van der Waals surface area contributed by atoms with E-state index in [4.69, 9.17) is 0 Å². The topological polar surface area (TPSA) is 83.0 Å². The van der Waals surface area contributed by atoms with Gasteiger partial charge in [-0.3, -0.25) is 4.98 Å². The van der Waals surface area contributed by atoms with Crippen LogP contribution in [-0.4, -0.2) is 27.0 Å². The van der Waals surface area contributed by atoms with Gasteiger partial charge in [-0.25, -0.2) is 19.1 Å². The molecule has 144 valence electrons. The van der Waals surface area contributed by atoms with Crippen molar-refractivity contribution in [3.63, 3.8) is 0 Å². The van der Waals surface area contributed by atoms with Crippen LogP contribution < -0.4 is 15.5 Å². The van der Waals surface area contributed by atoms with Crippen LogP contribution in [0.1, 0.15) is 19.4 Å². The zero-order valence-electron chi connectivity index (χ0n) is 15.6. The Labute approximate surface area is 162 Å². The molecule has 7 nitrogen and oxygen atoms in total. The van der Waals surface area contributed by atoms with E-state index >= 15 is 0 Å². The Morgan fingerprint density at radius 2 is 1.79 bits per heavy atom. The van der Waals surface area contributed by atoms with Crippen molar-refractivity contribution in [2.45, 2.75) is 26.4 Å². The summed E-state index contributed by atoms with van der Waals surface area (Å²) in [6.07, 6.45) is 4.89. The van der Waals surface area contributed by atoms with Crippen molar-refractivity contribution in [3.8, 4) is 0 Å². The molecule has 0 aliphatic carbocycles. The number of amides is 2. The number of urea groups is 1. The van der Waals surface area contributed by atoms with Crippen molar-refractivity contribution in [3.05, 3.63) is 72.4 Å². The molecule has 2 amide bonds. The molecule has 2 N–H and O–H groups in total. The summed E-state index contributed by atoms with van der Waals surface area (Å²) < 4.78 is 13.4. The summed E-state index contributed by atoms with van der Waals surface area (Å²) in [5.41, 5.74) is 1.40. The molecule has 0 saturated carbocycles. The van der Waals surface area contributed by atoms with Gasteiger partial charge in [0.15, 0.2) is 0 Å². The maximum atomic E-state index is 13.4. The summed E-state index contributed by atoms with van der Waals surface area (Å²) in [5.74, 6) is 0.393. The molecule has 0 aliphatic rings. The van der Waals surface area contributed by atoms with Gasteiger partial charge < -0.3 is 10.6 Å². The number of nitrogens with one attached hydrogen (secondary N) is 2. The summed E-state index contributed by atoms with van der Waals surface area (Å²) in [6, 6.07) is 10.7. The molecule has 0 radical (unpaired) electrons. The van der Waals surface area contributed by atoms with Gasteiger partial charge in [0.05, 0.1) is 5.69 Å². The number of benzene rings is 1. The largest absolute Gasteiger partial charge is 0.352 e. The van der Waals surface area contributed by atoms with E-state index in [-0.39, 0.29) is 11.9 Å². The molecule has 28 heavy (non-hydrogen) atoms. The van der Waals surface area contributed by atoms with Crippen LogP contribution in [0, 0.1) is 5.82 Å². The fourth-order valence-corrected chi connectivity index (χ4v) is 2.50. The maximum Gasteiger partial charge on any atom is 0.327 e. The van der Waals surface area contributed by atoms with E-state index in [2.05, 4.69) is 25.6 Å². The van der Waals surface area contributed by atoms with Gasteiger partial charge in [-0.15, -0.1) is 0 Å². The van der Waals surface area contributed by atoms with Gasteiger partial charge in [0.2, 0.25) is 5.95 Å². The quantitative estimate of drug-likeness (QED) is 0.678. The van der Waals surface area contributed by atoms with Crippen molar-refractivity contribution in [2.75, 3.05) is 10.2 Å². The highest BCUT2D eigenvalue weighted by molar-refractivity contribution is 5.98. The summed E-state index contributed by atoms with van der Waals surface area (Å²) in [5, 5.41) is 5.97. The molecule has 0 aliphatic heterocycles.